The molecule has 23 heavy (non-hydrogen) atoms. The smallest absolute Gasteiger partial charge is 0.133 e. The molecule has 4 fully saturated rings. The van der Waals surface area contributed by atoms with Gasteiger partial charge in [-0.1, -0.05) is 13.8 Å². The molecule has 8 atom stereocenters. The van der Waals surface area contributed by atoms with Crippen LogP contribution in [-0.2, 0) is 4.79 Å². The highest BCUT2D eigenvalue weighted by Gasteiger charge is 2.60. The van der Waals surface area contributed by atoms with Gasteiger partial charge in [0.05, 0.1) is 7.45 Å². The molecule has 4 saturated carbocycles. The Morgan fingerprint density at radius 3 is 2.43 bits per heavy atom. The third kappa shape index (κ3) is 2.19. The van der Waals surface area contributed by atoms with Gasteiger partial charge in [-0.25, -0.2) is 0 Å². The van der Waals surface area contributed by atoms with E-state index in [4.69, 9.17) is 2.74 Å². The van der Waals surface area contributed by atoms with E-state index < -0.39 is 12.0 Å². The summed E-state index contributed by atoms with van der Waals surface area (Å²) in [6.07, 6.45) is 7.12. The van der Waals surface area contributed by atoms with Crippen LogP contribution in [0.1, 0.15) is 81.3 Å². The first-order valence-electron chi connectivity index (χ1n) is 10.8. The molecule has 0 aromatic rings. The highest BCUT2D eigenvalue weighted by molar-refractivity contribution is 5.79. The van der Waals surface area contributed by atoms with Crippen molar-refractivity contribution >= 4 is 5.78 Å². The maximum atomic E-state index is 12.3. The number of hydrogen-bond acceptors (Lipinski definition) is 2. The summed E-state index contributed by atoms with van der Waals surface area (Å²) in [6.45, 7) is 6.27. The van der Waals surface area contributed by atoms with Crippen LogP contribution in [0, 0.1) is 40.4 Å². The zero-order chi connectivity index (χ0) is 18.3. The van der Waals surface area contributed by atoms with Gasteiger partial charge in [0.15, 0.2) is 0 Å². The minimum absolute atomic E-state index is 0.0628. The van der Waals surface area contributed by atoms with Crippen molar-refractivity contribution in [3.8, 4) is 0 Å². The third-order valence-corrected chi connectivity index (χ3v) is 8.71. The SMILES string of the molecule is [2H][C@@]1(O)CC[C@@]2(C)[C@H](CC[C@@H]3[C@@H]2CC[C@@]2(C)[C@H]3CC[C@]2([2H])C(C)=O)C1. The van der Waals surface area contributed by atoms with Gasteiger partial charge in [0, 0.05) is 7.26 Å². The van der Waals surface area contributed by atoms with Gasteiger partial charge in [0.2, 0.25) is 0 Å². The minimum atomic E-state index is -1.22. The van der Waals surface area contributed by atoms with Crippen molar-refractivity contribution in [3.63, 3.8) is 0 Å². The van der Waals surface area contributed by atoms with Crippen LogP contribution in [0.4, 0.5) is 0 Å². The standard InChI is InChI=1S/C21H34O2/c1-13(22)17-6-7-18-16-5-4-14-12-15(23)8-10-20(14,2)19(16)9-11-21(17,18)3/h14-19,23H,4-12H2,1-3H3/t14-,15-,16+,17-,18+,19+,20+,21-/m1/s1/i15D,17D. The molecule has 2 heteroatoms. The summed E-state index contributed by atoms with van der Waals surface area (Å²) in [5.41, 5.74) is 0.0784. The van der Waals surface area contributed by atoms with Crippen LogP contribution < -0.4 is 0 Å². The fourth-order valence-electron chi connectivity index (χ4n) is 7.45. The van der Waals surface area contributed by atoms with Crippen molar-refractivity contribution in [2.45, 2.75) is 84.6 Å². The maximum Gasteiger partial charge on any atom is 0.133 e. The van der Waals surface area contributed by atoms with Gasteiger partial charge < -0.3 is 5.11 Å². The van der Waals surface area contributed by atoms with Gasteiger partial charge in [0.1, 0.15) is 5.78 Å². The Balaban J connectivity index is 1.64. The monoisotopic (exact) mass is 320 g/mol. The Hall–Kier alpha value is -0.370. The molecule has 0 unspecified atom stereocenters. The van der Waals surface area contributed by atoms with E-state index >= 15 is 0 Å². The summed E-state index contributed by atoms with van der Waals surface area (Å²) in [7, 11) is 0. The summed E-state index contributed by atoms with van der Waals surface area (Å²) >= 11 is 0. The van der Waals surface area contributed by atoms with Crippen LogP contribution in [0.25, 0.3) is 0 Å². The van der Waals surface area contributed by atoms with E-state index in [2.05, 4.69) is 13.8 Å². The van der Waals surface area contributed by atoms with E-state index in [1.54, 1.807) is 6.92 Å². The van der Waals surface area contributed by atoms with Crippen molar-refractivity contribution in [1.82, 2.24) is 0 Å². The molecule has 0 saturated heterocycles. The Morgan fingerprint density at radius 1 is 1.00 bits per heavy atom. The van der Waals surface area contributed by atoms with E-state index in [-0.39, 0.29) is 16.6 Å². The molecule has 1 N–H and O–H groups in total. The van der Waals surface area contributed by atoms with E-state index in [0.29, 0.717) is 36.5 Å². The van der Waals surface area contributed by atoms with Gasteiger partial charge >= 0.3 is 0 Å². The molecule has 0 radical (unpaired) electrons. The highest BCUT2D eigenvalue weighted by Crippen LogP contribution is 2.67. The quantitative estimate of drug-likeness (QED) is 0.767. The first-order valence-corrected chi connectivity index (χ1v) is 9.77. The summed E-state index contributed by atoms with van der Waals surface area (Å²) in [5.74, 6) is 1.42. The van der Waals surface area contributed by atoms with Crippen molar-refractivity contribution in [1.29, 1.82) is 0 Å². The Kier molecular flexibility index (Phi) is 3.20. The zero-order valence-electron chi connectivity index (χ0n) is 17.0. The molecule has 4 aliphatic carbocycles. The van der Waals surface area contributed by atoms with Gasteiger partial charge in [-0.05, 0) is 99.2 Å². The van der Waals surface area contributed by atoms with Crippen molar-refractivity contribution in [2.24, 2.45) is 40.4 Å². The molecule has 2 nitrogen and oxygen atoms in total. The lowest BCUT2D eigenvalue weighted by molar-refractivity contribution is -0.138. The van der Waals surface area contributed by atoms with E-state index in [1.165, 1.54) is 0 Å². The highest BCUT2D eigenvalue weighted by atomic mass is 16.3. The molecule has 0 aliphatic heterocycles. The molecule has 4 rings (SSSR count). The van der Waals surface area contributed by atoms with Gasteiger partial charge in [-0.3, -0.25) is 4.79 Å². The number of hydrogen-bond donors (Lipinski definition) is 1. The lowest BCUT2D eigenvalue weighted by Crippen LogP contribution is -2.54. The largest absolute Gasteiger partial charge is 0.393 e. The first-order chi connectivity index (χ1) is 11.5. The lowest BCUT2D eigenvalue weighted by atomic mass is 9.44. The average Bonchev–Trinajstić information content (AvgIpc) is 2.81. The number of fused-ring (bicyclic) bond motifs is 5. The predicted octanol–water partition coefficient (Wildman–Crippen LogP) is 4.60. The number of carbonyl (C=O) groups is 1. The first kappa shape index (κ1) is 13.9. The number of carbonyl (C=O) groups excluding carboxylic acids is 1. The summed E-state index contributed by atoms with van der Waals surface area (Å²) in [5, 5.41) is 10.2. The average molecular weight is 321 g/mol. The fourth-order valence-corrected chi connectivity index (χ4v) is 7.45. The van der Waals surface area contributed by atoms with Gasteiger partial charge in [-0.2, -0.15) is 0 Å². The molecule has 0 aromatic heterocycles. The molecule has 130 valence electrons. The molecule has 4 aliphatic rings. The van der Waals surface area contributed by atoms with Crippen LogP contribution in [-0.4, -0.2) is 17.0 Å². The van der Waals surface area contributed by atoms with Crippen molar-refractivity contribution < 1.29 is 12.6 Å². The van der Waals surface area contributed by atoms with E-state index in [0.717, 1.165) is 44.9 Å². The van der Waals surface area contributed by atoms with E-state index in [9.17, 15) is 9.90 Å². The van der Waals surface area contributed by atoms with E-state index in [1.807, 2.05) is 0 Å². The Morgan fingerprint density at radius 2 is 1.70 bits per heavy atom. The third-order valence-electron chi connectivity index (χ3n) is 8.71. The Bertz CT molecular complexity index is 590. The molecule has 0 bridgehead atoms. The summed E-state index contributed by atoms with van der Waals surface area (Å²) in [6, 6.07) is 0. The number of rotatable bonds is 1. The second-order valence-electron chi connectivity index (χ2n) is 9.46. The lowest BCUT2D eigenvalue weighted by Gasteiger charge is -2.60. The zero-order valence-corrected chi connectivity index (χ0v) is 15.0. The van der Waals surface area contributed by atoms with Gasteiger partial charge in [0.25, 0.3) is 0 Å². The number of Topliss-reactive ketones (excluding diaryl/α,β-unsaturated/α-hetero) is 1. The van der Waals surface area contributed by atoms with Gasteiger partial charge in [-0.15, -0.1) is 0 Å². The molecule has 0 heterocycles. The summed E-state index contributed by atoms with van der Waals surface area (Å²) < 4.78 is 17.0. The molecule has 0 spiro atoms. The predicted molar refractivity (Wildman–Crippen MR) is 91.9 cm³/mol. The topological polar surface area (TPSA) is 37.3 Å². The molecular weight excluding hydrogens is 284 g/mol. The van der Waals surface area contributed by atoms with Crippen LogP contribution in [0.2, 0.25) is 0 Å². The fraction of sp³-hybridized carbons (Fsp3) is 0.952. The Labute approximate surface area is 144 Å². The number of ketones is 1. The van der Waals surface area contributed by atoms with Crippen LogP contribution in [0.3, 0.4) is 0 Å². The second kappa shape index (κ2) is 5.31. The maximum absolute atomic E-state index is 12.3. The molecule has 0 aromatic carbocycles. The normalized spacial score (nSPS) is 63.3. The van der Waals surface area contributed by atoms with Crippen molar-refractivity contribution in [2.75, 3.05) is 0 Å². The number of aliphatic hydroxyl groups is 1. The molecule has 0 amide bonds. The van der Waals surface area contributed by atoms with Crippen LogP contribution in [0.15, 0.2) is 0 Å². The molecular formula is C21H34O2. The minimum Gasteiger partial charge on any atom is -0.393 e. The summed E-state index contributed by atoms with van der Waals surface area (Å²) in [4.78, 5) is 12.3. The van der Waals surface area contributed by atoms with Crippen molar-refractivity contribution in [3.05, 3.63) is 0 Å². The second-order valence-corrected chi connectivity index (χ2v) is 9.46. The van der Waals surface area contributed by atoms with Crippen LogP contribution >= 0.6 is 0 Å². The van der Waals surface area contributed by atoms with Crippen LogP contribution in [0.5, 0.6) is 0 Å².